The number of hydrogen-bond acceptors (Lipinski definition) is 7. The summed E-state index contributed by atoms with van der Waals surface area (Å²) in [6.07, 6.45) is 2.08. The van der Waals surface area contributed by atoms with Gasteiger partial charge in [-0.15, -0.1) is 11.8 Å². The highest BCUT2D eigenvalue weighted by Crippen LogP contribution is 2.32. The van der Waals surface area contributed by atoms with E-state index in [0.29, 0.717) is 30.2 Å². The molecule has 1 aliphatic heterocycles. The number of benzene rings is 2. The summed E-state index contributed by atoms with van der Waals surface area (Å²) in [6, 6.07) is 11.7. The minimum atomic E-state index is 0.0134. The number of anilines is 1. The lowest BCUT2D eigenvalue weighted by atomic mass is 10.1. The van der Waals surface area contributed by atoms with Crippen LogP contribution in [0.5, 0.6) is 11.5 Å². The van der Waals surface area contributed by atoms with E-state index in [1.54, 1.807) is 55.5 Å². The first kappa shape index (κ1) is 19.8. The lowest BCUT2D eigenvalue weighted by molar-refractivity contribution is 0.0746. The number of rotatable bonds is 5. The summed E-state index contributed by atoms with van der Waals surface area (Å²) in [7, 11) is 3.16. The first-order chi connectivity index (χ1) is 14.1. The molecule has 29 heavy (non-hydrogen) atoms. The van der Waals surface area contributed by atoms with Gasteiger partial charge in [-0.05, 0) is 42.7 Å². The molecule has 0 atom stereocenters. The summed E-state index contributed by atoms with van der Waals surface area (Å²) in [5.74, 6) is 1.20. The van der Waals surface area contributed by atoms with E-state index in [9.17, 15) is 4.79 Å². The van der Waals surface area contributed by atoms with Crippen molar-refractivity contribution >= 4 is 44.4 Å². The Morgan fingerprint density at radius 2 is 1.79 bits per heavy atom. The average Bonchev–Trinajstić information content (AvgIpc) is 3.21. The van der Waals surface area contributed by atoms with Crippen molar-refractivity contribution in [2.75, 3.05) is 51.6 Å². The molecule has 1 fully saturated rings. The summed E-state index contributed by atoms with van der Waals surface area (Å²) in [5.41, 5.74) is 1.65. The molecule has 0 N–H and O–H groups in total. The molecule has 1 aliphatic rings. The zero-order valence-electron chi connectivity index (χ0n) is 16.7. The summed E-state index contributed by atoms with van der Waals surface area (Å²) in [5, 5.41) is 1.02. The van der Waals surface area contributed by atoms with Crippen LogP contribution >= 0.6 is 23.1 Å². The van der Waals surface area contributed by atoms with E-state index in [-0.39, 0.29) is 5.91 Å². The number of carbonyl (C=O) groups excluding carboxylic acids is 1. The van der Waals surface area contributed by atoms with Gasteiger partial charge in [0.15, 0.2) is 16.6 Å². The van der Waals surface area contributed by atoms with Crippen LogP contribution in [0, 0.1) is 0 Å². The summed E-state index contributed by atoms with van der Waals surface area (Å²) >= 11 is 3.46. The van der Waals surface area contributed by atoms with E-state index < -0.39 is 0 Å². The van der Waals surface area contributed by atoms with Gasteiger partial charge in [0, 0.05) is 36.6 Å². The van der Waals surface area contributed by atoms with Gasteiger partial charge in [0.1, 0.15) is 0 Å². The third-order valence-electron chi connectivity index (χ3n) is 5.05. The van der Waals surface area contributed by atoms with Crippen LogP contribution in [0.4, 0.5) is 5.13 Å². The maximum absolute atomic E-state index is 12.9. The highest BCUT2D eigenvalue weighted by atomic mass is 32.2. The Bertz CT molecular complexity index is 1030. The van der Waals surface area contributed by atoms with E-state index in [1.165, 1.54) is 9.60 Å². The molecule has 3 aromatic rings. The Morgan fingerprint density at radius 3 is 2.48 bits per heavy atom. The molecule has 0 spiro atoms. The SMILES string of the molecule is COc1ccc(C(=O)N2CCN(c3nc4ccc(SC)cc4s3)CC2)cc1OC. The first-order valence-electron chi connectivity index (χ1n) is 9.33. The van der Waals surface area contributed by atoms with Gasteiger partial charge in [0.05, 0.1) is 24.4 Å². The molecule has 0 bridgehead atoms. The van der Waals surface area contributed by atoms with E-state index >= 15 is 0 Å². The zero-order valence-corrected chi connectivity index (χ0v) is 18.3. The van der Waals surface area contributed by atoms with Crippen molar-refractivity contribution in [1.82, 2.24) is 9.88 Å². The third-order valence-corrected chi connectivity index (χ3v) is 6.86. The highest BCUT2D eigenvalue weighted by molar-refractivity contribution is 7.98. The summed E-state index contributed by atoms with van der Waals surface area (Å²) in [4.78, 5) is 23.1. The second-order valence-corrected chi connectivity index (χ2v) is 8.57. The topological polar surface area (TPSA) is 54.9 Å². The molecule has 0 saturated carbocycles. The maximum atomic E-state index is 12.9. The number of aromatic nitrogens is 1. The van der Waals surface area contributed by atoms with Crippen LogP contribution < -0.4 is 14.4 Å². The van der Waals surface area contributed by atoms with Gasteiger partial charge in [0.2, 0.25) is 0 Å². The van der Waals surface area contributed by atoms with Crippen molar-refractivity contribution < 1.29 is 14.3 Å². The van der Waals surface area contributed by atoms with E-state index in [1.807, 2.05) is 4.90 Å². The number of thioether (sulfide) groups is 1. The molecule has 152 valence electrons. The van der Waals surface area contributed by atoms with Crippen LogP contribution in [-0.2, 0) is 0 Å². The van der Waals surface area contributed by atoms with Crippen molar-refractivity contribution in [1.29, 1.82) is 0 Å². The zero-order chi connectivity index (χ0) is 20.4. The average molecular weight is 430 g/mol. The molecule has 0 aliphatic carbocycles. The largest absolute Gasteiger partial charge is 0.493 e. The van der Waals surface area contributed by atoms with Crippen molar-refractivity contribution in [3.05, 3.63) is 42.0 Å². The van der Waals surface area contributed by atoms with Crippen LogP contribution in [-0.4, -0.2) is 62.4 Å². The summed E-state index contributed by atoms with van der Waals surface area (Å²) < 4.78 is 11.8. The van der Waals surface area contributed by atoms with Crippen LogP contribution in [0.2, 0.25) is 0 Å². The van der Waals surface area contributed by atoms with Gasteiger partial charge in [-0.3, -0.25) is 4.79 Å². The van der Waals surface area contributed by atoms with E-state index in [4.69, 9.17) is 14.5 Å². The quantitative estimate of drug-likeness (QED) is 0.572. The Labute approximate surface area is 178 Å². The fourth-order valence-electron chi connectivity index (χ4n) is 3.41. The lowest BCUT2D eigenvalue weighted by Gasteiger charge is -2.34. The molecule has 1 aromatic heterocycles. The van der Waals surface area contributed by atoms with Crippen LogP contribution in [0.1, 0.15) is 10.4 Å². The number of methoxy groups -OCH3 is 2. The number of hydrogen-bond donors (Lipinski definition) is 0. The molecule has 1 amide bonds. The molecule has 8 heteroatoms. The Balaban J connectivity index is 1.44. The Hall–Kier alpha value is -2.45. The smallest absolute Gasteiger partial charge is 0.254 e. The predicted molar refractivity (Wildman–Crippen MR) is 119 cm³/mol. The predicted octanol–water partition coefficient (Wildman–Crippen LogP) is 4.00. The normalized spacial score (nSPS) is 14.3. The molecule has 6 nitrogen and oxygen atoms in total. The molecular formula is C21H23N3O3S2. The monoisotopic (exact) mass is 429 g/mol. The standard InChI is InChI=1S/C21H23N3O3S2/c1-26-17-7-4-14(12-18(17)27-2)20(25)23-8-10-24(11-9-23)21-22-16-6-5-15(28-3)13-19(16)29-21/h4-7,12-13H,8-11H2,1-3H3. The molecular weight excluding hydrogens is 406 g/mol. The van der Waals surface area contributed by atoms with E-state index in [0.717, 1.165) is 23.7 Å². The number of piperazine rings is 1. The van der Waals surface area contributed by atoms with Crippen molar-refractivity contribution in [3.8, 4) is 11.5 Å². The first-order valence-corrected chi connectivity index (χ1v) is 11.4. The van der Waals surface area contributed by atoms with Crippen LogP contribution in [0.15, 0.2) is 41.3 Å². The number of carbonyl (C=O) groups is 1. The van der Waals surface area contributed by atoms with Crippen LogP contribution in [0.3, 0.4) is 0 Å². The van der Waals surface area contributed by atoms with Crippen LogP contribution in [0.25, 0.3) is 10.2 Å². The number of amides is 1. The number of nitrogens with zero attached hydrogens (tertiary/aromatic N) is 3. The van der Waals surface area contributed by atoms with Gasteiger partial charge in [-0.1, -0.05) is 11.3 Å². The lowest BCUT2D eigenvalue weighted by Crippen LogP contribution is -2.48. The fourth-order valence-corrected chi connectivity index (χ4v) is 4.98. The molecule has 0 unspecified atom stereocenters. The Morgan fingerprint density at radius 1 is 1.03 bits per heavy atom. The molecule has 2 heterocycles. The number of fused-ring (bicyclic) bond motifs is 1. The fraction of sp³-hybridized carbons (Fsp3) is 0.333. The van der Waals surface area contributed by atoms with Gasteiger partial charge in [-0.2, -0.15) is 0 Å². The second-order valence-electron chi connectivity index (χ2n) is 6.68. The van der Waals surface area contributed by atoms with Gasteiger partial charge >= 0.3 is 0 Å². The Kier molecular flexibility index (Phi) is 5.82. The van der Waals surface area contributed by atoms with Gasteiger partial charge < -0.3 is 19.3 Å². The second kappa shape index (κ2) is 8.51. The van der Waals surface area contributed by atoms with Gasteiger partial charge in [-0.25, -0.2) is 4.98 Å². The van der Waals surface area contributed by atoms with E-state index in [2.05, 4.69) is 29.4 Å². The number of thiazole rings is 1. The minimum absolute atomic E-state index is 0.0134. The molecule has 1 saturated heterocycles. The summed E-state index contributed by atoms with van der Waals surface area (Å²) in [6.45, 7) is 2.88. The molecule has 2 aromatic carbocycles. The molecule has 0 radical (unpaired) electrons. The minimum Gasteiger partial charge on any atom is -0.493 e. The van der Waals surface area contributed by atoms with Crippen molar-refractivity contribution in [2.24, 2.45) is 0 Å². The van der Waals surface area contributed by atoms with Crippen molar-refractivity contribution in [2.45, 2.75) is 4.90 Å². The maximum Gasteiger partial charge on any atom is 0.254 e. The molecule has 4 rings (SSSR count). The highest BCUT2D eigenvalue weighted by Gasteiger charge is 2.24. The van der Waals surface area contributed by atoms with Gasteiger partial charge in [0.25, 0.3) is 5.91 Å². The number of ether oxygens (including phenoxy) is 2. The third kappa shape index (κ3) is 4.00. The van der Waals surface area contributed by atoms with Crippen molar-refractivity contribution in [3.63, 3.8) is 0 Å².